The number of hydrogen-bond acceptors (Lipinski definition) is 5. The van der Waals surface area contributed by atoms with E-state index in [0.717, 1.165) is 26.9 Å². The van der Waals surface area contributed by atoms with Crippen LogP contribution in [0, 0.1) is 10.1 Å². The van der Waals surface area contributed by atoms with E-state index in [2.05, 4.69) is 4.98 Å². The number of carbonyl (C=O) groups excluding carboxylic acids is 2. The van der Waals surface area contributed by atoms with E-state index in [1.54, 1.807) is 18.9 Å². The largest absolute Gasteiger partial charge is 0.496 e. The number of methoxy groups -OCH3 is 1. The molecule has 9 nitrogen and oxygen atoms in total. The molecule has 9 heteroatoms. The van der Waals surface area contributed by atoms with E-state index in [-0.39, 0.29) is 23.8 Å². The summed E-state index contributed by atoms with van der Waals surface area (Å²) in [5, 5.41) is 12.1. The Hall–Kier alpha value is -4.66. The van der Waals surface area contributed by atoms with Crippen LogP contribution in [-0.2, 0) is 10.3 Å². The molecule has 0 radical (unpaired) electrons. The first-order valence-corrected chi connectivity index (χ1v) is 11.5. The number of H-pyrrole nitrogens is 1. The number of non-ortho nitro benzene ring substituents is 1. The lowest BCUT2D eigenvalue weighted by Gasteiger charge is -2.40. The van der Waals surface area contributed by atoms with Gasteiger partial charge in [-0.2, -0.15) is 0 Å². The Kier molecular flexibility index (Phi) is 4.66. The molecule has 0 spiro atoms. The maximum atomic E-state index is 14.0. The van der Waals surface area contributed by atoms with Crippen LogP contribution in [-0.4, -0.2) is 40.4 Å². The van der Waals surface area contributed by atoms with Gasteiger partial charge in [0.25, 0.3) is 11.6 Å². The van der Waals surface area contributed by atoms with Gasteiger partial charge in [-0.15, -0.1) is 0 Å². The second-order valence-electron chi connectivity index (χ2n) is 9.13. The van der Waals surface area contributed by atoms with Crippen molar-refractivity contribution in [1.29, 1.82) is 0 Å². The third-order valence-corrected chi connectivity index (χ3v) is 7.36. The first kappa shape index (κ1) is 21.8. The van der Waals surface area contributed by atoms with E-state index in [1.165, 1.54) is 24.3 Å². The number of para-hydroxylation sites is 2. The van der Waals surface area contributed by atoms with Crippen LogP contribution in [0.4, 0.5) is 16.2 Å². The van der Waals surface area contributed by atoms with Gasteiger partial charge < -0.3 is 14.6 Å². The van der Waals surface area contributed by atoms with Crippen molar-refractivity contribution in [2.75, 3.05) is 18.6 Å². The molecule has 3 aromatic carbocycles. The summed E-state index contributed by atoms with van der Waals surface area (Å²) in [6.07, 6.45) is 0. The highest BCUT2D eigenvalue weighted by atomic mass is 16.6. The summed E-state index contributed by atoms with van der Waals surface area (Å²) in [6, 6.07) is 20.5. The smallest absolute Gasteiger partial charge is 0.332 e. The third kappa shape index (κ3) is 2.82. The quantitative estimate of drug-likeness (QED) is 0.252. The molecule has 6 rings (SSSR count). The number of aromatic nitrogens is 1. The lowest BCUT2D eigenvalue weighted by Crippen LogP contribution is -2.50. The minimum Gasteiger partial charge on any atom is -0.496 e. The standard InChI is InChI=1S/C27H22N4O5/c1-27-24-23(19-8-3-5-9-21(19)28-24)20(18-7-4-6-10-22(18)36-2)15-29(27)26(33)30(25(27)32)16-11-13-17(14-12-16)31(34)35/h3-14,20,28H,15H2,1-2H3. The Morgan fingerprint density at radius 2 is 1.72 bits per heavy atom. The number of imide groups is 1. The van der Waals surface area contributed by atoms with Crippen molar-refractivity contribution in [2.24, 2.45) is 0 Å². The van der Waals surface area contributed by atoms with Crippen LogP contribution < -0.4 is 9.64 Å². The number of carbonyl (C=O) groups is 2. The zero-order valence-corrected chi connectivity index (χ0v) is 19.6. The Bertz CT molecular complexity index is 1560. The highest BCUT2D eigenvalue weighted by molar-refractivity contribution is 6.23. The fourth-order valence-electron chi connectivity index (χ4n) is 5.58. The van der Waals surface area contributed by atoms with Crippen LogP contribution in [0.1, 0.15) is 29.7 Å². The Morgan fingerprint density at radius 3 is 2.44 bits per heavy atom. The predicted molar refractivity (Wildman–Crippen MR) is 133 cm³/mol. The zero-order chi connectivity index (χ0) is 25.2. The van der Waals surface area contributed by atoms with Gasteiger partial charge in [0, 0.05) is 41.1 Å². The fraction of sp³-hybridized carbons (Fsp3) is 0.185. The summed E-state index contributed by atoms with van der Waals surface area (Å²) >= 11 is 0. The molecule has 2 atom stereocenters. The van der Waals surface area contributed by atoms with Crippen LogP contribution in [0.15, 0.2) is 72.8 Å². The van der Waals surface area contributed by atoms with Crippen LogP contribution in [0.25, 0.3) is 10.9 Å². The molecule has 3 heterocycles. The molecule has 4 aromatic rings. The van der Waals surface area contributed by atoms with E-state index in [9.17, 15) is 19.7 Å². The molecule has 3 amide bonds. The SMILES string of the molecule is COc1ccccc1C1CN2C(=O)N(c3ccc([N+](=O)[O-])cc3)C(=O)C2(C)c2[nH]c3ccccc3c21. The van der Waals surface area contributed by atoms with Gasteiger partial charge in [0.05, 0.1) is 23.4 Å². The molecule has 36 heavy (non-hydrogen) atoms. The van der Waals surface area contributed by atoms with Crippen molar-refractivity contribution in [3.8, 4) is 5.75 Å². The topological polar surface area (TPSA) is 109 Å². The van der Waals surface area contributed by atoms with Gasteiger partial charge in [0.15, 0.2) is 5.54 Å². The lowest BCUT2D eigenvalue weighted by atomic mass is 9.78. The molecule has 2 unspecified atom stereocenters. The van der Waals surface area contributed by atoms with Crippen molar-refractivity contribution in [2.45, 2.75) is 18.4 Å². The van der Waals surface area contributed by atoms with Crippen LogP contribution in [0.5, 0.6) is 5.75 Å². The van der Waals surface area contributed by atoms with Crippen molar-refractivity contribution in [3.05, 3.63) is 99.7 Å². The Balaban J connectivity index is 1.55. The number of amides is 3. The molecule has 180 valence electrons. The summed E-state index contributed by atoms with van der Waals surface area (Å²) in [5.41, 5.74) is 2.32. The molecule has 2 aliphatic heterocycles. The molecular formula is C27H22N4O5. The monoisotopic (exact) mass is 482 g/mol. The molecular weight excluding hydrogens is 460 g/mol. The van der Waals surface area contributed by atoms with Gasteiger partial charge in [0.2, 0.25) is 0 Å². The second kappa shape index (κ2) is 7.67. The number of benzene rings is 3. The average molecular weight is 482 g/mol. The zero-order valence-electron chi connectivity index (χ0n) is 19.6. The van der Waals surface area contributed by atoms with Crippen LogP contribution in [0.3, 0.4) is 0 Å². The lowest BCUT2D eigenvalue weighted by molar-refractivity contribution is -0.384. The maximum absolute atomic E-state index is 14.0. The van der Waals surface area contributed by atoms with Gasteiger partial charge >= 0.3 is 6.03 Å². The number of ether oxygens (including phenoxy) is 1. The van der Waals surface area contributed by atoms with Crippen molar-refractivity contribution < 1.29 is 19.2 Å². The first-order valence-electron chi connectivity index (χ1n) is 11.5. The molecule has 0 saturated carbocycles. The first-order chi connectivity index (χ1) is 17.4. The fourth-order valence-corrected chi connectivity index (χ4v) is 5.58. The molecule has 1 fully saturated rings. The van der Waals surface area contributed by atoms with Gasteiger partial charge in [-0.25, -0.2) is 9.69 Å². The Labute approximate surface area is 206 Å². The van der Waals surface area contributed by atoms with E-state index < -0.39 is 22.4 Å². The number of rotatable bonds is 4. The number of urea groups is 1. The number of nitro groups is 1. The van der Waals surface area contributed by atoms with Gasteiger partial charge in [-0.1, -0.05) is 36.4 Å². The van der Waals surface area contributed by atoms with Crippen LogP contribution in [0.2, 0.25) is 0 Å². The van der Waals surface area contributed by atoms with Gasteiger partial charge in [0.1, 0.15) is 5.75 Å². The highest BCUT2D eigenvalue weighted by Crippen LogP contribution is 2.51. The van der Waals surface area contributed by atoms with Crippen molar-refractivity contribution >= 4 is 34.2 Å². The van der Waals surface area contributed by atoms with Crippen molar-refractivity contribution in [1.82, 2.24) is 9.88 Å². The molecule has 0 bridgehead atoms. The summed E-state index contributed by atoms with van der Waals surface area (Å²) in [7, 11) is 1.61. The van der Waals surface area contributed by atoms with Crippen molar-refractivity contribution in [3.63, 3.8) is 0 Å². The number of fused-ring (bicyclic) bond motifs is 5. The second-order valence-corrected chi connectivity index (χ2v) is 9.13. The minimum absolute atomic E-state index is 0.115. The molecule has 1 N–H and O–H groups in total. The number of anilines is 1. The highest BCUT2D eigenvalue weighted by Gasteiger charge is 2.60. The van der Waals surface area contributed by atoms with E-state index in [1.807, 2.05) is 48.5 Å². The Morgan fingerprint density at radius 1 is 1.03 bits per heavy atom. The molecule has 2 aliphatic rings. The van der Waals surface area contributed by atoms with E-state index in [4.69, 9.17) is 4.74 Å². The normalized spacial score (nSPS) is 21.0. The third-order valence-electron chi connectivity index (χ3n) is 7.36. The van der Waals surface area contributed by atoms with E-state index in [0.29, 0.717) is 11.4 Å². The summed E-state index contributed by atoms with van der Waals surface area (Å²) in [4.78, 5) is 44.5. The summed E-state index contributed by atoms with van der Waals surface area (Å²) < 4.78 is 5.66. The van der Waals surface area contributed by atoms with E-state index >= 15 is 0 Å². The predicted octanol–water partition coefficient (Wildman–Crippen LogP) is 4.91. The molecule has 1 aromatic heterocycles. The maximum Gasteiger partial charge on any atom is 0.332 e. The molecule has 1 saturated heterocycles. The van der Waals surface area contributed by atoms with Gasteiger partial charge in [-0.05, 0) is 36.8 Å². The molecule has 0 aliphatic carbocycles. The number of hydrogen-bond donors (Lipinski definition) is 1. The number of nitrogens with one attached hydrogen (secondary N) is 1. The summed E-state index contributed by atoms with van der Waals surface area (Å²) in [5.74, 6) is 0.0501. The van der Waals surface area contributed by atoms with Crippen LogP contribution >= 0.6 is 0 Å². The summed E-state index contributed by atoms with van der Waals surface area (Å²) in [6.45, 7) is 2.02. The van der Waals surface area contributed by atoms with Gasteiger partial charge in [-0.3, -0.25) is 14.9 Å². The average Bonchev–Trinajstić information content (AvgIpc) is 3.38. The number of aromatic amines is 1. The number of nitro benzene ring substituents is 1. The minimum atomic E-state index is -1.27. The number of nitrogens with zero attached hydrogens (tertiary/aromatic N) is 3.